The van der Waals surface area contributed by atoms with E-state index >= 15 is 0 Å². The van der Waals surface area contributed by atoms with Crippen LogP contribution in [0.4, 0.5) is 11.5 Å². The lowest BCUT2D eigenvalue weighted by atomic mass is 10.1. The molecule has 0 fully saturated rings. The van der Waals surface area contributed by atoms with Crippen LogP contribution in [-0.4, -0.2) is 16.1 Å². The van der Waals surface area contributed by atoms with Crippen LogP contribution in [0.5, 0.6) is 0 Å². The fraction of sp³-hybridized carbons (Fsp3) is 0.375. The van der Waals surface area contributed by atoms with Crippen LogP contribution < -0.4 is 17.2 Å². The molecule has 72 valence electrons. The van der Waals surface area contributed by atoms with Crippen molar-refractivity contribution in [2.24, 2.45) is 5.73 Å². The van der Waals surface area contributed by atoms with Gasteiger partial charge in [-0.25, -0.2) is 4.98 Å². The molecule has 1 aromatic rings. The number of aliphatic hydroxyl groups excluding tert-OH is 1. The van der Waals surface area contributed by atoms with E-state index in [4.69, 9.17) is 17.2 Å². The van der Waals surface area contributed by atoms with Gasteiger partial charge in [-0.15, -0.1) is 0 Å². The molecule has 0 radical (unpaired) electrons. The van der Waals surface area contributed by atoms with Crippen LogP contribution in [0.1, 0.15) is 18.6 Å². The highest BCUT2D eigenvalue weighted by molar-refractivity contribution is 5.58. The van der Waals surface area contributed by atoms with E-state index in [9.17, 15) is 5.11 Å². The van der Waals surface area contributed by atoms with Crippen LogP contribution >= 0.6 is 0 Å². The van der Waals surface area contributed by atoms with Crippen molar-refractivity contribution < 1.29 is 5.11 Å². The zero-order chi connectivity index (χ0) is 10.0. The normalized spacial score (nSPS) is 15.3. The van der Waals surface area contributed by atoms with Crippen LogP contribution in [0.3, 0.4) is 0 Å². The van der Waals surface area contributed by atoms with Crippen molar-refractivity contribution in [2.45, 2.75) is 19.1 Å². The smallest absolute Gasteiger partial charge is 0.146 e. The molecule has 0 saturated carbocycles. The molecule has 1 rings (SSSR count). The van der Waals surface area contributed by atoms with E-state index in [1.165, 1.54) is 6.20 Å². The number of anilines is 2. The minimum Gasteiger partial charge on any atom is -0.396 e. The first-order valence-corrected chi connectivity index (χ1v) is 3.97. The summed E-state index contributed by atoms with van der Waals surface area (Å²) in [7, 11) is 0. The summed E-state index contributed by atoms with van der Waals surface area (Å²) in [4.78, 5) is 3.82. The van der Waals surface area contributed by atoms with Crippen molar-refractivity contribution in [1.29, 1.82) is 0 Å². The van der Waals surface area contributed by atoms with Crippen LogP contribution in [0, 0.1) is 0 Å². The molecular formula is C8H14N4O. The van der Waals surface area contributed by atoms with Gasteiger partial charge in [-0.05, 0) is 13.0 Å². The summed E-state index contributed by atoms with van der Waals surface area (Å²) in [6, 6.07) is 1.22. The topological polar surface area (TPSA) is 111 Å². The summed E-state index contributed by atoms with van der Waals surface area (Å²) in [6.07, 6.45) is 0.718. The summed E-state index contributed by atoms with van der Waals surface area (Å²) in [5, 5.41) is 9.55. The Bertz CT molecular complexity index is 300. The van der Waals surface area contributed by atoms with E-state index in [2.05, 4.69) is 4.98 Å². The van der Waals surface area contributed by atoms with Crippen molar-refractivity contribution in [3.63, 3.8) is 0 Å². The average molecular weight is 182 g/mol. The van der Waals surface area contributed by atoms with Crippen LogP contribution in [0.2, 0.25) is 0 Å². The van der Waals surface area contributed by atoms with E-state index in [0.29, 0.717) is 11.3 Å². The highest BCUT2D eigenvalue weighted by atomic mass is 16.3. The van der Waals surface area contributed by atoms with Crippen molar-refractivity contribution in [3.8, 4) is 0 Å². The lowest BCUT2D eigenvalue weighted by Crippen LogP contribution is -2.24. The van der Waals surface area contributed by atoms with E-state index in [1.54, 1.807) is 13.0 Å². The molecule has 1 aromatic heterocycles. The highest BCUT2D eigenvalue weighted by Crippen LogP contribution is 2.19. The standard InChI is InChI=1S/C8H14N4O/c1-4(9)7(13)5-2-6(10)8(11)12-3-5/h2-4,7,13H,9-10H2,1H3,(H2,11,12)/t4-,7+/m0/s1. The van der Waals surface area contributed by atoms with Gasteiger partial charge in [-0.2, -0.15) is 0 Å². The molecule has 1 heterocycles. The minimum atomic E-state index is -0.754. The number of rotatable bonds is 2. The number of hydrogen-bond acceptors (Lipinski definition) is 5. The number of nitrogens with zero attached hydrogens (tertiary/aromatic N) is 1. The molecule has 0 spiro atoms. The Labute approximate surface area is 76.6 Å². The number of hydrogen-bond donors (Lipinski definition) is 4. The third kappa shape index (κ3) is 2.07. The second-order valence-electron chi connectivity index (χ2n) is 3.05. The predicted molar refractivity (Wildman–Crippen MR) is 51.7 cm³/mol. The molecule has 0 aromatic carbocycles. The summed E-state index contributed by atoms with van der Waals surface area (Å²) in [6.45, 7) is 1.71. The molecule has 0 aliphatic heterocycles. The Morgan fingerprint density at radius 2 is 2.08 bits per heavy atom. The van der Waals surface area contributed by atoms with E-state index in [1.807, 2.05) is 0 Å². The fourth-order valence-electron chi connectivity index (χ4n) is 0.975. The molecule has 5 nitrogen and oxygen atoms in total. The third-order valence-corrected chi connectivity index (χ3v) is 1.81. The number of nitrogen functional groups attached to an aromatic ring is 2. The first kappa shape index (κ1) is 9.76. The SMILES string of the molecule is C[C@H](N)[C@@H](O)c1cnc(N)c(N)c1. The molecule has 0 aliphatic carbocycles. The fourth-order valence-corrected chi connectivity index (χ4v) is 0.975. The Morgan fingerprint density at radius 3 is 2.54 bits per heavy atom. The highest BCUT2D eigenvalue weighted by Gasteiger charge is 2.13. The zero-order valence-electron chi connectivity index (χ0n) is 7.44. The summed E-state index contributed by atoms with van der Waals surface area (Å²) in [5.41, 5.74) is 17.4. The molecular weight excluding hydrogens is 168 g/mol. The predicted octanol–water partition coefficient (Wildman–Crippen LogP) is -0.373. The minimum absolute atomic E-state index is 0.264. The second-order valence-corrected chi connectivity index (χ2v) is 3.05. The molecule has 0 amide bonds. The molecule has 13 heavy (non-hydrogen) atoms. The van der Waals surface area contributed by atoms with Crippen LogP contribution in [-0.2, 0) is 0 Å². The summed E-state index contributed by atoms with van der Waals surface area (Å²) < 4.78 is 0. The van der Waals surface area contributed by atoms with Gasteiger partial charge in [-0.1, -0.05) is 0 Å². The monoisotopic (exact) mass is 182 g/mol. The number of nitrogens with two attached hydrogens (primary N) is 3. The zero-order valence-corrected chi connectivity index (χ0v) is 7.44. The van der Waals surface area contributed by atoms with Gasteiger partial charge in [0.1, 0.15) is 5.82 Å². The van der Waals surface area contributed by atoms with Gasteiger partial charge in [0.05, 0.1) is 11.8 Å². The van der Waals surface area contributed by atoms with Gasteiger partial charge in [-0.3, -0.25) is 0 Å². The van der Waals surface area contributed by atoms with E-state index < -0.39 is 6.10 Å². The third-order valence-electron chi connectivity index (χ3n) is 1.81. The largest absolute Gasteiger partial charge is 0.396 e. The molecule has 0 bridgehead atoms. The quantitative estimate of drug-likeness (QED) is 0.498. The van der Waals surface area contributed by atoms with Crippen molar-refractivity contribution >= 4 is 11.5 Å². The number of aliphatic hydroxyl groups is 1. The number of pyridine rings is 1. The maximum Gasteiger partial charge on any atom is 0.146 e. The van der Waals surface area contributed by atoms with Gasteiger partial charge in [0, 0.05) is 17.8 Å². The van der Waals surface area contributed by atoms with Crippen LogP contribution in [0.25, 0.3) is 0 Å². The average Bonchev–Trinajstić information content (AvgIpc) is 2.08. The maximum absolute atomic E-state index is 9.55. The molecule has 0 saturated heterocycles. The summed E-state index contributed by atoms with van der Waals surface area (Å²) in [5.74, 6) is 0.264. The number of aromatic nitrogens is 1. The molecule has 7 N–H and O–H groups in total. The van der Waals surface area contributed by atoms with Gasteiger partial charge < -0.3 is 22.3 Å². The lowest BCUT2D eigenvalue weighted by Gasteiger charge is -2.14. The first-order chi connectivity index (χ1) is 6.02. The van der Waals surface area contributed by atoms with Crippen LogP contribution in [0.15, 0.2) is 12.3 Å². The van der Waals surface area contributed by atoms with Gasteiger partial charge in [0.25, 0.3) is 0 Å². The van der Waals surface area contributed by atoms with E-state index in [0.717, 1.165) is 0 Å². The second kappa shape index (κ2) is 3.59. The Morgan fingerprint density at radius 1 is 1.46 bits per heavy atom. The van der Waals surface area contributed by atoms with Gasteiger partial charge in [0.15, 0.2) is 0 Å². The summed E-state index contributed by atoms with van der Waals surface area (Å²) >= 11 is 0. The maximum atomic E-state index is 9.55. The molecule has 2 atom stereocenters. The first-order valence-electron chi connectivity index (χ1n) is 3.97. The molecule has 5 heteroatoms. The molecule has 0 unspecified atom stereocenters. The van der Waals surface area contributed by atoms with Crippen molar-refractivity contribution in [1.82, 2.24) is 4.98 Å². The Hall–Kier alpha value is -1.33. The van der Waals surface area contributed by atoms with Gasteiger partial charge >= 0.3 is 0 Å². The van der Waals surface area contributed by atoms with Crippen molar-refractivity contribution in [3.05, 3.63) is 17.8 Å². The van der Waals surface area contributed by atoms with Crippen molar-refractivity contribution in [2.75, 3.05) is 11.5 Å². The van der Waals surface area contributed by atoms with Gasteiger partial charge in [0.2, 0.25) is 0 Å². The Balaban J connectivity index is 2.97. The van der Waals surface area contributed by atoms with E-state index in [-0.39, 0.29) is 11.9 Å². The molecule has 0 aliphatic rings. The Kier molecular flexibility index (Phi) is 2.69. The lowest BCUT2D eigenvalue weighted by molar-refractivity contribution is 0.153.